The van der Waals surface area contributed by atoms with E-state index in [2.05, 4.69) is 262 Å². The number of aromatic nitrogens is 6. The van der Waals surface area contributed by atoms with E-state index in [0.29, 0.717) is 17.5 Å². The van der Waals surface area contributed by atoms with Crippen molar-refractivity contribution in [2.45, 2.75) is 0 Å². The lowest BCUT2D eigenvalue weighted by molar-refractivity contribution is 1.07. The lowest BCUT2D eigenvalue weighted by Gasteiger charge is -2.14. The van der Waals surface area contributed by atoms with Crippen molar-refractivity contribution in [1.82, 2.24) is 28.7 Å². The maximum Gasteiger partial charge on any atom is 0.164 e. The third kappa shape index (κ3) is 6.92. The third-order valence-corrected chi connectivity index (χ3v) is 14.8. The maximum absolute atomic E-state index is 5.43. The summed E-state index contributed by atoms with van der Waals surface area (Å²) in [5, 5.41) is 7.11. The van der Waals surface area contributed by atoms with Crippen LogP contribution in [0.1, 0.15) is 0 Å². The fraction of sp³-hybridized carbons (Fsp3) is 0. The third-order valence-electron chi connectivity index (χ3n) is 14.8. The Morgan fingerprint density at radius 2 is 0.587 bits per heavy atom. The molecule has 0 aliphatic heterocycles. The molecule has 0 radical (unpaired) electrons. The van der Waals surface area contributed by atoms with Crippen LogP contribution in [-0.4, -0.2) is 28.7 Å². The first-order valence-electron chi connectivity index (χ1n) is 25.4. The molecule has 0 aliphatic carbocycles. The molecule has 6 nitrogen and oxygen atoms in total. The van der Waals surface area contributed by atoms with Gasteiger partial charge in [0.05, 0.1) is 33.1 Å². The SMILES string of the molecule is c1ccc(-c2cc(-c3ccccc3)cc(-c3nc(-c4ccccc4)nc(-c4cccc(-n5c6c(ccc7c6c6ccccc6n7-c6ccccc6)c6ccc7c(c8ccccc8n7-c7ccccc7)c65)c4)n3)c2)cc1. The summed E-state index contributed by atoms with van der Waals surface area (Å²) in [6, 6.07) is 95.2. The molecule has 0 saturated carbocycles. The molecule has 4 aromatic heterocycles. The molecular weight excluding hydrogens is 913 g/mol. The fourth-order valence-corrected chi connectivity index (χ4v) is 11.5. The molecule has 0 unspecified atom stereocenters. The molecule has 0 saturated heterocycles. The highest BCUT2D eigenvalue weighted by molar-refractivity contribution is 6.31. The van der Waals surface area contributed by atoms with E-state index < -0.39 is 0 Å². The van der Waals surface area contributed by atoms with Crippen LogP contribution in [0.15, 0.2) is 267 Å². The summed E-state index contributed by atoms with van der Waals surface area (Å²) in [5.74, 6) is 1.79. The minimum Gasteiger partial charge on any atom is -0.309 e. The molecular formula is C69H44N6. The summed E-state index contributed by atoms with van der Waals surface area (Å²) in [6.07, 6.45) is 0. The predicted octanol–water partition coefficient (Wildman–Crippen LogP) is 17.5. The van der Waals surface area contributed by atoms with E-state index in [9.17, 15) is 0 Å². The molecule has 0 atom stereocenters. The fourth-order valence-electron chi connectivity index (χ4n) is 11.5. The highest BCUT2D eigenvalue weighted by Crippen LogP contribution is 2.46. The molecule has 75 heavy (non-hydrogen) atoms. The van der Waals surface area contributed by atoms with Gasteiger partial charge in [-0.2, -0.15) is 0 Å². The summed E-state index contributed by atoms with van der Waals surface area (Å²) < 4.78 is 7.34. The van der Waals surface area contributed by atoms with Gasteiger partial charge in [0.15, 0.2) is 17.5 Å². The quantitative estimate of drug-likeness (QED) is 0.152. The van der Waals surface area contributed by atoms with Crippen LogP contribution in [0, 0.1) is 0 Å². The summed E-state index contributed by atoms with van der Waals surface area (Å²) in [5.41, 5.74) is 17.2. The Bertz CT molecular complexity index is 4440. The van der Waals surface area contributed by atoms with Crippen LogP contribution in [0.3, 0.4) is 0 Å². The van der Waals surface area contributed by atoms with Gasteiger partial charge in [0, 0.05) is 66.1 Å². The second kappa shape index (κ2) is 17.3. The molecule has 0 spiro atoms. The standard InChI is InChI=1S/C69H44N6/c1-6-21-45(22-7-1)49-41-50(46-23-8-2-9-24-46)43-51(42-49)69-71-67(47-25-10-3-11-26-47)70-68(72-69)48-27-20-32-54(44-48)75-65-55(37-39-61-63(65)57-33-16-18-35-59(57)73(61)52-28-12-4-13-29-52)56-38-40-62-64(66(56)75)58-34-17-19-36-60(58)74(62)53-30-14-5-15-31-53/h1-44H. The van der Waals surface area contributed by atoms with Gasteiger partial charge in [0.2, 0.25) is 0 Å². The van der Waals surface area contributed by atoms with Crippen LogP contribution in [0.4, 0.5) is 0 Å². The topological polar surface area (TPSA) is 53.5 Å². The van der Waals surface area contributed by atoms with E-state index >= 15 is 0 Å². The van der Waals surface area contributed by atoms with Gasteiger partial charge in [0.1, 0.15) is 0 Å². The highest BCUT2D eigenvalue weighted by atomic mass is 15.1. The van der Waals surface area contributed by atoms with Crippen molar-refractivity contribution < 1.29 is 0 Å². The highest BCUT2D eigenvalue weighted by Gasteiger charge is 2.25. The smallest absolute Gasteiger partial charge is 0.164 e. The van der Waals surface area contributed by atoms with Crippen molar-refractivity contribution >= 4 is 65.4 Å². The van der Waals surface area contributed by atoms with E-state index in [-0.39, 0.29) is 0 Å². The van der Waals surface area contributed by atoms with Gasteiger partial charge in [0.25, 0.3) is 0 Å². The zero-order valence-electron chi connectivity index (χ0n) is 40.6. The van der Waals surface area contributed by atoms with E-state index in [1.165, 1.54) is 32.3 Å². The monoisotopic (exact) mass is 956 g/mol. The van der Waals surface area contributed by atoms with Crippen molar-refractivity contribution in [2.75, 3.05) is 0 Å². The van der Waals surface area contributed by atoms with E-state index in [1.807, 2.05) is 18.2 Å². The number of rotatable bonds is 8. The summed E-state index contributed by atoms with van der Waals surface area (Å²) in [4.78, 5) is 16.0. The van der Waals surface area contributed by atoms with Gasteiger partial charge in [-0.1, -0.05) is 188 Å². The van der Waals surface area contributed by atoms with Crippen molar-refractivity contribution in [1.29, 1.82) is 0 Å². The second-order valence-corrected chi connectivity index (χ2v) is 19.2. The first-order chi connectivity index (χ1) is 37.2. The van der Waals surface area contributed by atoms with Crippen molar-refractivity contribution in [2.24, 2.45) is 0 Å². The van der Waals surface area contributed by atoms with E-state index in [0.717, 1.165) is 89.1 Å². The molecule has 11 aromatic carbocycles. The Hall–Kier alpha value is -10.2. The van der Waals surface area contributed by atoms with Crippen LogP contribution in [0.25, 0.3) is 139 Å². The lowest BCUT2D eigenvalue weighted by atomic mass is 9.96. The Labute approximate surface area is 432 Å². The van der Waals surface area contributed by atoms with Crippen LogP contribution < -0.4 is 0 Å². The average molecular weight is 957 g/mol. The molecule has 15 rings (SSSR count). The molecule has 0 bridgehead atoms. The molecule has 0 fully saturated rings. The van der Waals surface area contributed by atoms with Crippen LogP contribution in [-0.2, 0) is 0 Å². The lowest BCUT2D eigenvalue weighted by Crippen LogP contribution is -2.01. The Balaban J connectivity index is 1.03. The maximum atomic E-state index is 5.43. The number of hydrogen-bond donors (Lipinski definition) is 0. The second-order valence-electron chi connectivity index (χ2n) is 19.2. The molecule has 6 heteroatoms. The number of nitrogens with zero attached hydrogens (tertiary/aromatic N) is 6. The van der Waals surface area contributed by atoms with Gasteiger partial charge in [-0.3, -0.25) is 0 Å². The number of fused-ring (bicyclic) bond motifs is 11. The zero-order chi connectivity index (χ0) is 49.4. The predicted molar refractivity (Wildman–Crippen MR) is 310 cm³/mol. The van der Waals surface area contributed by atoms with Crippen LogP contribution in [0.2, 0.25) is 0 Å². The first-order valence-corrected chi connectivity index (χ1v) is 25.4. The summed E-state index contributed by atoms with van der Waals surface area (Å²) in [7, 11) is 0. The molecule has 0 amide bonds. The largest absolute Gasteiger partial charge is 0.309 e. The van der Waals surface area contributed by atoms with Crippen LogP contribution >= 0.6 is 0 Å². The van der Waals surface area contributed by atoms with Gasteiger partial charge in [-0.05, 0) is 101 Å². The van der Waals surface area contributed by atoms with Gasteiger partial charge < -0.3 is 13.7 Å². The Morgan fingerprint density at radius 3 is 1.08 bits per heavy atom. The Kier molecular flexibility index (Phi) is 9.78. The van der Waals surface area contributed by atoms with Crippen LogP contribution in [0.5, 0.6) is 0 Å². The first kappa shape index (κ1) is 42.5. The van der Waals surface area contributed by atoms with Gasteiger partial charge in [-0.15, -0.1) is 0 Å². The minimum absolute atomic E-state index is 0.588. The zero-order valence-corrected chi connectivity index (χ0v) is 40.6. The average Bonchev–Trinajstić information content (AvgIpc) is 4.28. The Morgan fingerprint density at radius 1 is 0.213 bits per heavy atom. The van der Waals surface area contributed by atoms with E-state index in [1.54, 1.807) is 0 Å². The van der Waals surface area contributed by atoms with Crippen molar-refractivity contribution in [3.8, 4) is 73.5 Å². The molecule has 350 valence electrons. The normalized spacial score (nSPS) is 11.7. The molecule has 0 N–H and O–H groups in total. The molecule has 15 aromatic rings. The van der Waals surface area contributed by atoms with Crippen molar-refractivity contribution in [3.05, 3.63) is 267 Å². The summed E-state index contributed by atoms with van der Waals surface area (Å²) in [6.45, 7) is 0. The minimum atomic E-state index is 0.588. The number of para-hydroxylation sites is 4. The van der Waals surface area contributed by atoms with Gasteiger partial charge in [-0.25, -0.2) is 15.0 Å². The summed E-state index contributed by atoms with van der Waals surface area (Å²) >= 11 is 0. The number of hydrogen-bond acceptors (Lipinski definition) is 3. The van der Waals surface area contributed by atoms with Gasteiger partial charge >= 0.3 is 0 Å². The molecule has 0 aliphatic rings. The molecule has 4 heterocycles. The number of benzene rings is 11. The van der Waals surface area contributed by atoms with E-state index in [4.69, 9.17) is 15.0 Å². The van der Waals surface area contributed by atoms with Crippen molar-refractivity contribution in [3.63, 3.8) is 0 Å².